The maximum atomic E-state index is 12.8. The molecule has 0 radical (unpaired) electrons. The lowest BCUT2D eigenvalue weighted by Crippen LogP contribution is -2.48. The Bertz CT molecular complexity index is 635. The van der Waals surface area contributed by atoms with Gasteiger partial charge < -0.3 is 9.80 Å². The standard InChI is InChI=1S/C17H20Cl2N2O2/c1-3-20(15(23)16(2)11-17(16,18)19)13-9-10-21(14(13)22)12-7-5-4-6-8-12/h4-8,13H,3,9-11H2,1-2H3. The highest BCUT2D eigenvalue weighted by atomic mass is 35.5. The smallest absolute Gasteiger partial charge is 0.249 e. The van der Waals surface area contributed by atoms with E-state index in [2.05, 4.69) is 0 Å². The zero-order valence-corrected chi connectivity index (χ0v) is 14.8. The SMILES string of the molecule is CCN(C(=O)C1(C)CC1(Cl)Cl)C1CCN(c2ccccc2)C1=O. The Morgan fingerprint density at radius 2 is 1.96 bits per heavy atom. The predicted octanol–water partition coefficient (Wildman–Crippen LogP) is 3.22. The number of hydrogen-bond acceptors (Lipinski definition) is 2. The molecule has 0 aromatic heterocycles. The van der Waals surface area contributed by atoms with Crippen molar-refractivity contribution in [3.8, 4) is 0 Å². The van der Waals surface area contributed by atoms with Gasteiger partial charge >= 0.3 is 0 Å². The molecule has 6 heteroatoms. The number of hydrogen-bond donors (Lipinski definition) is 0. The first-order valence-electron chi connectivity index (χ1n) is 7.87. The van der Waals surface area contributed by atoms with Crippen LogP contribution in [-0.2, 0) is 9.59 Å². The Balaban J connectivity index is 1.79. The number of rotatable bonds is 4. The fourth-order valence-electron chi connectivity index (χ4n) is 3.27. The summed E-state index contributed by atoms with van der Waals surface area (Å²) in [7, 11) is 0. The second kappa shape index (κ2) is 5.67. The fraction of sp³-hybridized carbons (Fsp3) is 0.529. The summed E-state index contributed by atoms with van der Waals surface area (Å²) < 4.78 is -1.02. The molecule has 0 spiro atoms. The monoisotopic (exact) mass is 354 g/mol. The van der Waals surface area contributed by atoms with Crippen molar-refractivity contribution in [1.82, 2.24) is 4.90 Å². The summed E-state index contributed by atoms with van der Waals surface area (Å²) >= 11 is 12.3. The molecule has 2 aliphatic rings. The quantitative estimate of drug-likeness (QED) is 0.778. The van der Waals surface area contributed by atoms with E-state index >= 15 is 0 Å². The molecule has 0 bridgehead atoms. The normalized spacial score (nSPS) is 28.8. The molecule has 4 nitrogen and oxygen atoms in total. The van der Waals surface area contributed by atoms with Crippen LogP contribution in [0.5, 0.6) is 0 Å². The summed E-state index contributed by atoms with van der Waals surface area (Å²) in [5.74, 6) is -0.163. The first kappa shape index (κ1) is 16.6. The van der Waals surface area contributed by atoms with Crippen molar-refractivity contribution < 1.29 is 9.59 Å². The number of nitrogens with zero attached hydrogens (tertiary/aromatic N) is 2. The van der Waals surface area contributed by atoms with Gasteiger partial charge in [0.15, 0.2) is 0 Å². The minimum absolute atomic E-state index is 0.0367. The van der Waals surface area contributed by atoms with Crippen molar-refractivity contribution in [3.05, 3.63) is 30.3 Å². The Morgan fingerprint density at radius 1 is 1.35 bits per heavy atom. The molecule has 1 aliphatic carbocycles. The van der Waals surface area contributed by atoms with Crippen LogP contribution in [0.15, 0.2) is 30.3 Å². The van der Waals surface area contributed by atoms with Gasteiger partial charge in [-0.1, -0.05) is 18.2 Å². The van der Waals surface area contributed by atoms with Crippen molar-refractivity contribution in [3.63, 3.8) is 0 Å². The van der Waals surface area contributed by atoms with Gasteiger partial charge in [-0.15, -0.1) is 23.2 Å². The Kier molecular flexibility index (Phi) is 4.09. The number of alkyl halides is 2. The number of halogens is 2. The van der Waals surface area contributed by atoms with Gasteiger partial charge in [0.2, 0.25) is 11.8 Å². The van der Waals surface area contributed by atoms with Gasteiger partial charge in [-0.05, 0) is 38.8 Å². The van der Waals surface area contributed by atoms with Gasteiger partial charge in [-0.25, -0.2) is 0 Å². The van der Waals surface area contributed by atoms with E-state index in [0.717, 1.165) is 5.69 Å². The maximum absolute atomic E-state index is 12.8. The Labute approximate surface area is 146 Å². The summed E-state index contributed by atoms with van der Waals surface area (Å²) in [6.45, 7) is 4.73. The molecule has 1 aromatic carbocycles. The van der Waals surface area contributed by atoms with E-state index in [1.807, 2.05) is 37.3 Å². The van der Waals surface area contributed by atoms with Crippen LogP contribution < -0.4 is 4.90 Å². The van der Waals surface area contributed by atoms with Gasteiger partial charge in [0, 0.05) is 18.8 Å². The number of para-hydroxylation sites is 1. The molecule has 1 heterocycles. The second-order valence-electron chi connectivity index (χ2n) is 6.43. The third-order valence-corrected chi connectivity index (χ3v) is 6.05. The molecule has 2 atom stereocenters. The molecule has 2 amide bonds. The highest BCUT2D eigenvalue weighted by Gasteiger charge is 2.69. The first-order chi connectivity index (χ1) is 10.8. The van der Waals surface area contributed by atoms with Crippen LogP contribution in [-0.4, -0.2) is 40.2 Å². The van der Waals surface area contributed by atoms with Gasteiger partial charge in [0.25, 0.3) is 0 Å². The van der Waals surface area contributed by atoms with Gasteiger partial charge in [0.1, 0.15) is 10.4 Å². The Morgan fingerprint density at radius 3 is 2.48 bits per heavy atom. The minimum Gasteiger partial charge on any atom is -0.330 e. The molecule has 23 heavy (non-hydrogen) atoms. The molecule has 124 valence electrons. The summed E-state index contributed by atoms with van der Waals surface area (Å²) in [6, 6.07) is 9.09. The summed E-state index contributed by atoms with van der Waals surface area (Å²) in [6.07, 6.45) is 1.06. The zero-order valence-electron chi connectivity index (χ0n) is 13.3. The van der Waals surface area contributed by atoms with Crippen LogP contribution in [0.1, 0.15) is 26.7 Å². The van der Waals surface area contributed by atoms with Crippen LogP contribution in [0, 0.1) is 5.41 Å². The average molecular weight is 355 g/mol. The van der Waals surface area contributed by atoms with Crippen LogP contribution >= 0.6 is 23.2 Å². The van der Waals surface area contributed by atoms with Crippen LogP contribution in [0.3, 0.4) is 0 Å². The van der Waals surface area contributed by atoms with E-state index in [1.54, 1.807) is 16.7 Å². The third-order valence-electron chi connectivity index (χ3n) is 4.95. The summed E-state index contributed by atoms with van der Waals surface area (Å²) in [5.41, 5.74) is 0.0807. The third kappa shape index (κ3) is 2.62. The largest absolute Gasteiger partial charge is 0.330 e. The van der Waals surface area contributed by atoms with Crippen molar-refractivity contribution >= 4 is 40.7 Å². The molecule has 0 N–H and O–H groups in total. The number of anilines is 1. The lowest BCUT2D eigenvalue weighted by molar-refractivity contribution is -0.142. The van der Waals surface area contributed by atoms with E-state index in [4.69, 9.17) is 23.2 Å². The average Bonchev–Trinajstić information content (AvgIpc) is 2.86. The minimum atomic E-state index is -1.02. The first-order valence-corrected chi connectivity index (χ1v) is 8.63. The summed E-state index contributed by atoms with van der Waals surface area (Å²) in [4.78, 5) is 29.0. The highest BCUT2D eigenvalue weighted by molar-refractivity contribution is 6.53. The van der Waals surface area contributed by atoms with Crippen molar-refractivity contribution in [2.24, 2.45) is 5.41 Å². The number of carbonyl (C=O) groups is 2. The lowest BCUT2D eigenvalue weighted by Gasteiger charge is -2.30. The van der Waals surface area contributed by atoms with E-state index in [0.29, 0.717) is 25.9 Å². The van der Waals surface area contributed by atoms with Gasteiger partial charge in [0.05, 0.1) is 5.41 Å². The topological polar surface area (TPSA) is 40.6 Å². The molecule has 1 saturated heterocycles. The van der Waals surface area contributed by atoms with Crippen molar-refractivity contribution in [2.45, 2.75) is 37.1 Å². The molecule has 1 aromatic rings. The number of likely N-dealkylation sites (N-methyl/N-ethyl adjacent to an activating group) is 1. The second-order valence-corrected chi connectivity index (χ2v) is 7.92. The Hall–Kier alpha value is -1.26. The molecular weight excluding hydrogens is 335 g/mol. The number of carbonyl (C=O) groups excluding carboxylic acids is 2. The van der Waals surface area contributed by atoms with Crippen molar-refractivity contribution in [2.75, 3.05) is 18.0 Å². The molecular formula is C17H20Cl2N2O2. The van der Waals surface area contributed by atoms with E-state index in [-0.39, 0.29) is 11.8 Å². The van der Waals surface area contributed by atoms with Gasteiger partial charge in [-0.2, -0.15) is 0 Å². The molecule has 1 saturated carbocycles. The number of benzene rings is 1. The van der Waals surface area contributed by atoms with Gasteiger partial charge in [-0.3, -0.25) is 9.59 Å². The van der Waals surface area contributed by atoms with Crippen LogP contribution in [0.4, 0.5) is 5.69 Å². The van der Waals surface area contributed by atoms with Crippen LogP contribution in [0.2, 0.25) is 0 Å². The van der Waals surface area contributed by atoms with Crippen LogP contribution in [0.25, 0.3) is 0 Å². The van der Waals surface area contributed by atoms with E-state index in [1.165, 1.54) is 0 Å². The highest BCUT2D eigenvalue weighted by Crippen LogP contribution is 2.64. The van der Waals surface area contributed by atoms with E-state index < -0.39 is 15.8 Å². The molecule has 1 aliphatic heterocycles. The maximum Gasteiger partial charge on any atom is 0.249 e. The fourth-order valence-corrected chi connectivity index (χ4v) is 3.97. The van der Waals surface area contributed by atoms with E-state index in [9.17, 15) is 9.59 Å². The lowest BCUT2D eigenvalue weighted by atomic mass is 10.1. The molecule has 2 unspecified atom stereocenters. The zero-order chi connectivity index (χ0) is 16.8. The molecule has 2 fully saturated rings. The van der Waals surface area contributed by atoms with Crippen molar-refractivity contribution in [1.29, 1.82) is 0 Å². The molecule has 3 rings (SSSR count). The summed E-state index contributed by atoms with van der Waals surface area (Å²) in [5, 5.41) is 0. The number of amides is 2. The predicted molar refractivity (Wildman–Crippen MR) is 91.7 cm³/mol.